The van der Waals surface area contributed by atoms with Crippen molar-refractivity contribution in [2.75, 3.05) is 19.8 Å². The number of amides is 1. The van der Waals surface area contributed by atoms with Crippen molar-refractivity contribution in [1.82, 2.24) is 5.32 Å². The SMILES string of the molecule is CC/C=C\C/C=C\C/C=C\C/C=C\CCC(=O)NC(COP(=O)(O)OCCN)C(O)CCCCCCCCCCCCCCCCCCC. The number of carbonyl (C=O) groups is 1. The molecule has 0 aliphatic carbocycles. The highest BCUT2D eigenvalue weighted by atomic mass is 31.2. The summed E-state index contributed by atoms with van der Waals surface area (Å²) in [5.41, 5.74) is 5.36. The van der Waals surface area contributed by atoms with Crippen LogP contribution >= 0.6 is 7.82 Å². The zero-order valence-electron chi connectivity index (χ0n) is 31.4. The van der Waals surface area contributed by atoms with Crippen LogP contribution in [0, 0.1) is 0 Å². The normalized spacial score (nSPS) is 14.8. The maximum absolute atomic E-state index is 12.7. The molecule has 0 saturated heterocycles. The summed E-state index contributed by atoms with van der Waals surface area (Å²) in [5, 5.41) is 13.7. The number of phosphoric ester groups is 1. The van der Waals surface area contributed by atoms with E-state index < -0.39 is 20.0 Å². The molecule has 286 valence electrons. The topological polar surface area (TPSA) is 131 Å². The van der Waals surface area contributed by atoms with Gasteiger partial charge in [0.25, 0.3) is 0 Å². The van der Waals surface area contributed by atoms with E-state index in [4.69, 9.17) is 14.8 Å². The van der Waals surface area contributed by atoms with Crippen molar-refractivity contribution in [1.29, 1.82) is 0 Å². The molecule has 0 heterocycles. The number of hydrogen-bond acceptors (Lipinski definition) is 6. The minimum Gasteiger partial charge on any atom is -0.391 e. The van der Waals surface area contributed by atoms with Crippen molar-refractivity contribution in [3.63, 3.8) is 0 Å². The van der Waals surface area contributed by atoms with Crippen molar-refractivity contribution >= 4 is 13.7 Å². The molecule has 0 aromatic rings. The maximum atomic E-state index is 12.7. The summed E-state index contributed by atoms with van der Waals surface area (Å²) in [5.74, 6) is -0.242. The van der Waals surface area contributed by atoms with Crippen LogP contribution in [0.15, 0.2) is 48.6 Å². The Morgan fingerprint density at radius 1 is 0.694 bits per heavy atom. The molecule has 0 aliphatic heterocycles. The lowest BCUT2D eigenvalue weighted by Gasteiger charge is -2.25. The van der Waals surface area contributed by atoms with Gasteiger partial charge >= 0.3 is 7.82 Å². The molecule has 0 rings (SSSR count). The first kappa shape index (κ1) is 47.5. The van der Waals surface area contributed by atoms with E-state index in [9.17, 15) is 19.4 Å². The van der Waals surface area contributed by atoms with Crippen molar-refractivity contribution < 1.29 is 28.4 Å². The van der Waals surface area contributed by atoms with E-state index in [0.29, 0.717) is 12.8 Å². The monoisotopic (exact) mass is 711 g/mol. The lowest BCUT2D eigenvalue weighted by atomic mass is 10.0. The minimum absolute atomic E-state index is 0.0767. The number of unbranched alkanes of at least 4 members (excludes halogenated alkanes) is 16. The maximum Gasteiger partial charge on any atom is 0.472 e. The highest BCUT2D eigenvalue weighted by molar-refractivity contribution is 7.47. The number of hydrogen-bond donors (Lipinski definition) is 4. The Hall–Kier alpha value is -1.54. The second-order valence-electron chi connectivity index (χ2n) is 13.1. The van der Waals surface area contributed by atoms with Gasteiger partial charge in [0.05, 0.1) is 25.4 Å². The molecule has 0 spiro atoms. The fraction of sp³-hybridized carbons (Fsp3) is 0.775. The first-order valence-corrected chi connectivity index (χ1v) is 21.2. The summed E-state index contributed by atoms with van der Waals surface area (Å²) in [6.07, 6.45) is 42.8. The van der Waals surface area contributed by atoms with Crippen LogP contribution in [0.1, 0.15) is 168 Å². The van der Waals surface area contributed by atoms with Gasteiger partial charge in [0.1, 0.15) is 0 Å². The average Bonchev–Trinajstić information content (AvgIpc) is 3.09. The predicted octanol–water partition coefficient (Wildman–Crippen LogP) is 10.6. The van der Waals surface area contributed by atoms with Gasteiger partial charge in [0.2, 0.25) is 5.91 Å². The molecule has 5 N–H and O–H groups in total. The Morgan fingerprint density at radius 2 is 1.14 bits per heavy atom. The van der Waals surface area contributed by atoms with Gasteiger partial charge in [-0.25, -0.2) is 4.57 Å². The summed E-state index contributed by atoms with van der Waals surface area (Å²) >= 11 is 0. The molecule has 49 heavy (non-hydrogen) atoms. The molecule has 0 bridgehead atoms. The molecule has 1 amide bonds. The molecule has 9 heteroatoms. The smallest absolute Gasteiger partial charge is 0.391 e. The van der Waals surface area contributed by atoms with Gasteiger partial charge in [-0.1, -0.05) is 172 Å². The predicted molar refractivity (Wildman–Crippen MR) is 207 cm³/mol. The third-order valence-corrected chi connectivity index (χ3v) is 9.44. The zero-order valence-corrected chi connectivity index (χ0v) is 32.3. The quantitative estimate of drug-likeness (QED) is 0.0289. The number of aliphatic hydroxyl groups is 1. The van der Waals surface area contributed by atoms with Crippen molar-refractivity contribution in [2.45, 2.75) is 180 Å². The summed E-state index contributed by atoms with van der Waals surface area (Å²) in [7, 11) is -4.33. The summed E-state index contributed by atoms with van der Waals surface area (Å²) in [6.45, 7) is 4.02. The van der Waals surface area contributed by atoms with Crippen molar-refractivity contribution in [3.05, 3.63) is 48.6 Å². The molecular formula is C40H75N2O6P. The van der Waals surface area contributed by atoms with Gasteiger partial charge in [-0.2, -0.15) is 0 Å². The Kier molecular flexibility index (Phi) is 35.1. The van der Waals surface area contributed by atoms with Crippen LogP contribution in [-0.2, 0) is 18.4 Å². The van der Waals surface area contributed by atoms with Crippen molar-refractivity contribution in [3.8, 4) is 0 Å². The third kappa shape index (κ3) is 34.7. The van der Waals surface area contributed by atoms with Crippen LogP contribution < -0.4 is 11.1 Å². The van der Waals surface area contributed by atoms with Crippen LogP contribution in [0.2, 0.25) is 0 Å². The largest absolute Gasteiger partial charge is 0.472 e. The molecule has 0 aromatic carbocycles. The van der Waals surface area contributed by atoms with Gasteiger partial charge in [-0.05, 0) is 38.5 Å². The lowest BCUT2D eigenvalue weighted by Crippen LogP contribution is -2.46. The third-order valence-electron chi connectivity index (χ3n) is 8.46. The van der Waals surface area contributed by atoms with E-state index in [1.165, 1.54) is 89.9 Å². The molecule has 0 fully saturated rings. The Bertz CT molecular complexity index is 907. The fourth-order valence-electron chi connectivity index (χ4n) is 5.50. The molecule has 0 aliphatic rings. The number of aliphatic hydroxyl groups excluding tert-OH is 1. The van der Waals surface area contributed by atoms with Gasteiger partial charge < -0.3 is 21.1 Å². The van der Waals surface area contributed by atoms with E-state index in [-0.39, 0.29) is 32.1 Å². The summed E-state index contributed by atoms with van der Waals surface area (Å²) in [4.78, 5) is 22.6. The number of nitrogens with one attached hydrogen (secondary N) is 1. The van der Waals surface area contributed by atoms with Crippen LogP contribution in [0.3, 0.4) is 0 Å². The van der Waals surface area contributed by atoms with Crippen LogP contribution in [-0.4, -0.2) is 47.8 Å². The average molecular weight is 711 g/mol. The van der Waals surface area contributed by atoms with Gasteiger partial charge in [-0.3, -0.25) is 13.8 Å². The van der Waals surface area contributed by atoms with E-state index in [1.807, 2.05) is 12.2 Å². The van der Waals surface area contributed by atoms with Crippen molar-refractivity contribution in [2.24, 2.45) is 5.73 Å². The molecule has 0 saturated carbocycles. The molecule has 3 unspecified atom stereocenters. The highest BCUT2D eigenvalue weighted by Crippen LogP contribution is 2.43. The first-order valence-electron chi connectivity index (χ1n) is 19.8. The van der Waals surface area contributed by atoms with Gasteiger partial charge in [-0.15, -0.1) is 0 Å². The second-order valence-corrected chi connectivity index (χ2v) is 14.6. The highest BCUT2D eigenvalue weighted by Gasteiger charge is 2.27. The number of carbonyl (C=O) groups excluding carboxylic acids is 1. The summed E-state index contributed by atoms with van der Waals surface area (Å²) in [6, 6.07) is -0.812. The molecule has 8 nitrogen and oxygen atoms in total. The second kappa shape index (κ2) is 36.3. The number of nitrogens with two attached hydrogens (primary N) is 1. The minimum atomic E-state index is -4.33. The standard InChI is InChI=1S/C40H75N2O6P/c1-3-5-7-9-11-13-15-17-18-19-20-22-23-25-27-29-31-33-39(43)38(37-48-49(45,46)47-36-35-41)42-40(44)34-32-30-28-26-24-21-16-14-12-10-8-6-4-2/h6,8,12,14,21,24,28,30,38-39,43H,3-5,7,9-11,13,15-20,22-23,25-27,29,31-37,41H2,1-2H3,(H,42,44)(H,45,46)/b8-6-,14-12-,24-21-,30-28-. The van der Waals surface area contributed by atoms with E-state index in [1.54, 1.807) is 0 Å². The van der Waals surface area contributed by atoms with Gasteiger partial charge in [0, 0.05) is 13.0 Å². The van der Waals surface area contributed by atoms with Crippen LogP contribution in [0.25, 0.3) is 0 Å². The molecule has 0 aromatic heterocycles. The summed E-state index contributed by atoms with van der Waals surface area (Å²) < 4.78 is 22.1. The Labute approximate surface area is 301 Å². The number of rotatable bonds is 36. The Balaban J connectivity index is 4.30. The fourth-order valence-corrected chi connectivity index (χ4v) is 6.26. The van der Waals surface area contributed by atoms with E-state index >= 15 is 0 Å². The first-order chi connectivity index (χ1) is 23.9. The Morgan fingerprint density at radius 3 is 1.61 bits per heavy atom. The van der Waals surface area contributed by atoms with Gasteiger partial charge in [0.15, 0.2) is 0 Å². The van der Waals surface area contributed by atoms with E-state index in [0.717, 1.165) is 44.9 Å². The zero-order chi connectivity index (χ0) is 36.1. The van der Waals surface area contributed by atoms with Crippen LogP contribution in [0.5, 0.6) is 0 Å². The number of phosphoric acid groups is 1. The molecular weight excluding hydrogens is 635 g/mol. The van der Waals surface area contributed by atoms with E-state index in [2.05, 4.69) is 55.6 Å². The number of allylic oxidation sites excluding steroid dienone is 8. The molecule has 0 radical (unpaired) electrons. The van der Waals surface area contributed by atoms with Crippen LogP contribution in [0.4, 0.5) is 0 Å². The molecule has 3 atom stereocenters. The lowest BCUT2D eigenvalue weighted by molar-refractivity contribution is -0.123.